The Bertz CT molecular complexity index is 1040. The molecular formula is C22H24FN5O2S. The van der Waals surface area contributed by atoms with Gasteiger partial charge in [-0.25, -0.2) is 4.39 Å². The molecule has 2 aromatic carbocycles. The maximum atomic E-state index is 13.4. The Morgan fingerprint density at radius 3 is 2.42 bits per heavy atom. The number of halogens is 1. The summed E-state index contributed by atoms with van der Waals surface area (Å²) in [6.45, 7) is 3.80. The zero-order valence-corrected chi connectivity index (χ0v) is 18.1. The molecule has 0 aliphatic rings. The average molecular weight is 442 g/mol. The van der Waals surface area contributed by atoms with E-state index in [1.54, 1.807) is 12.1 Å². The molecule has 0 radical (unpaired) electrons. The van der Waals surface area contributed by atoms with E-state index in [9.17, 15) is 14.0 Å². The molecule has 3 N–H and O–H groups in total. The second-order valence-corrected chi connectivity index (χ2v) is 8.05. The lowest BCUT2D eigenvalue weighted by molar-refractivity contribution is -0.127. The van der Waals surface area contributed by atoms with Crippen molar-refractivity contribution in [1.82, 2.24) is 20.1 Å². The molecule has 3 rings (SSSR count). The Labute approximate surface area is 184 Å². The number of nitrogens with zero attached hydrogens (tertiary/aromatic N) is 3. The van der Waals surface area contributed by atoms with Crippen LogP contribution in [0.1, 0.15) is 20.3 Å². The average Bonchev–Trinajstić information content (AvgIpc) is 3.20. The molecule has 9 heteroatoms. The molecule has 3 aromatic rings. The lowest BCUT2D eigenvalue weighted by Gasteiger charge is -2.21. The summed E-state index contributed by atoms with van der Waals surface area (Å²) in [5, 5.41) is 11.7. The van der Waals surface area contributed by atoms with Crippen molar-refractivity contribution < 1.29 is 14.0 Å². The van der Waals surface area contributed by atoms with Crippen molar-refractivity contribution in [3.05, 3.63) is 60.4 Å². The fourth-order valence-electron chi connectivity index (χ4n) is 3.03. The van der Waals surface area contributed by atoms with E-state index in [1.165, 1.54) is 23.9 Å². The summed E-state index contributed by atoms with van der Waals surface area (Å²) in [6, 6.07) is 14.7. The molecule has 7 nitrogen and oxygen atoms in total. The Hall–Kier alpha value is -3.20. The number of rotatable bonds is 9. The minimum Gasteiger partial charge on any atom is -0.368 e. The van der Waals surface area contributed by atoms with Crippen LogP contribution in [0.25, 0.3) is 17.1 Å². The van der Waals surface area contributed by atoms with E-state index < -0.39 is 11.9 Å². The van der Waals surface area contributed by atoms with Crippen LogP contribution in [0, 0.1) is 11.7 Å². The molecule has 0 saturated carbocycles. The lowest BCUT2D eigenvalue weighted by Crippen LogP contribution is -2.48. The predicted molar refractivity (Wildman–Crippen MR) is 118 cm³/mol. The second kappa shape index (κ2) is 10.2. The third-order valence-electron chi connectivity index (χ3n) is 4.92. The van der Waals surface area contributed by atoms with Crippen molar-refractivity contribution >= 4 is 23.6 Å². The summed E-state index contributed by atoms with van der Waals surface area (Å²) in [5.41, 5.74) is 6.94. The van der Waals surface area contributed by atoms with Gasteiger partial charge in [-0.3, -0.25) is 14.2 Å². The first kappa shape index (κ1) is 22.5. The first-order valence-corrected chi connectivity index (χ1v) is 10.9. The van der Waals surface area contributed by atoms with Gasteiger partial charge in [-0.1, -0.05) is 50.2 Å². The van der Waals surface area contributed by atoms with E-state index >= 15 is 0 Å². The smallest absolute Gasteiger partial charge is 0.240 e. The Morgan fingerprint density at radius 2 is 1.81 bits per heavy atom. The van der Waals surface area contributed by atoms with Crippen LogP contribution in [0.4, 0.5) is 4.39 Å². The Kier molecular flexibility index (Phi) is 7.41. The zero-order chi connectivity index (χ0) is 22.4. The van der Waals surface area contributed by atoms with Crippen LogP contribution in [-0.2, 0) is 9.59 Å². The van der Waals surface area contributed by atoms with Crippen molar-refractivity contribution in [2.75, 3.05) is 5.75 Å². The summed E-state index contributed by atoms with van der Waals surface area (Å²) < 4.78 is 15.2. The van der Waals surface area contributed by atoms with Crippen LogP contribution in [0.5, 0.6) is 0 Å². The number of carbonyl (C=O) groups is 2. The normalized spacial score (nSPS) is 12.9. The first-order valence-electron chi connectivity index (χ1n) is 9.89. The van der Waals surface area contributed by atoms with Crippen LogP contribution in [0.3, 0.4) is 0 Å². The number of primary amides is 1. The van der Waals surface area contributed by atoms with Gasteiger partial charge in [-0.2, -0.15) is 0 Å². The number of para-hydroxylation sites is 1. The van der Waals surface area contributed by atoms with Crippen LogP contribution in [-0.4, -0.2) is 38.4 Å². The molecule has 0 spiro atoms. The number of amides is 2. The number of nitrogens with one attached hydrogen (secondary N) is 1. The number of nitrogens with two attached hydrogens (primary N) is 1. The molecule has 0 bridgehead atoms. The Balaban J connectivity index is 1.84. The highest BCUT2D eigenvalue weighted by molar-refractivity contribution is 7.99. The molecule has 162 valence electrons. The number of thioether (sulfide) groups is 1. The van der Waals surface area contributed by atoms with Crippen LogP contribution in [0.15, 0.2) is 59.8 Å². The molecule has 0 saturated heterocycles. The van der Waals surface area contributed by atoms with E-state index in [0.717, 1.165) is 5.69 Å². The summed E-state index contributed by atoms with van der Waals surface area (Å²) >= 11 is 1.19. The van der Waals surface area contributed by atoms with Crippen LogP contribution in [0.2, 0.25) is 0 Å². The fourth-order valence-corrected chi connectivity index (χ4v) is 3.80. The van der Waals surface area contributed by atoms with Crippen molar-refractivity contribution in [1.29, 1.82) is 0 Å². The SMILES string of the molecule is CCC(C)C(NC(=O)CSc1nnc(-c2ccc(F)cc2)n1-c1ccccc1)C(N)=O. The van der Waals surface area contributed by atoms with Gasteiger partial charge in [0.05, 0.1) is 5.75 Å². The van der Waals surface area contributed by atoms with Gasteiger partial charge in [0.15, 0.2) is 11.0 Å². The first-order chi connectivity index (χ1) is 14.9. The molecule has 2 atom stereocenters. The summed E-state index contributed by atoms with van der Waals surface area (Å²) in [6.07, 6.45) is 0.713. The number of aromatic nitrogens is 3. The van der Waals surface area contributed by atoms with Gasteiger partial charge >= 0.3 is 0 Å². The Morgan fingerprint density at radius 1 is 1.13 bits per heavy atom. The van der Waals surface area contributed by atoms with Crippen LogP contribution >= 0.6 is 11.8 Å². The minimum absolute atomic E-state index is 0.0363. The van der Waals surface area contributed by atoms with Gasteiger partial charge < -0.3 is 11.1 Å². The number of carbonyl (C=O) groups excluding carboxylic acids is 2. The molecule has 0 aliphatic carbocycles. The third-order valence-corrected chi connectivity index (χ3v) is 5.85. The van der Waals surface area contributed by atoms with Gasteiger partial charge in [-0.15, -0.1) is 10.2 Å². The van der Waals surface area contributed by atoms with Crippen molar-refractivity contribution in [3.8, 4) is 17.1 Å². The largest absolute Gasteiger partial charge is 0.368 e. The van der Waals surface area contributed by atoms with E-state index in [-0.39, 0.29) is 23.4 Å². The summed E-state index contributed by atoms with van der Waals surface area (Å²) in [5.74, 6) is -0.715. The van der Waals surface area contributed by atoms with E-state index in [2.05, 4.69) is 15.5 Å². The van der Waals surface area contributed by atoms with Crippen molar-refractivity contribution in [2.45, 2.75) is 31.5 Å². The monoisotopic (exact) mass is 441 g/mol. The fraction of sp³-hybridized carbons (Fsp3) is 0.273. The van der Waals surface area contributed by atoms with Crippen LogP contribution < -0.4 is 11.1 Å². The third kappa shape index (κ3) is 5.49. The molecule has 0 fully saturated rings. The zero-order valence-electron chi connectivity index (χ0n) is 17.3. The lowest BCUT2D eigenvalue weighted by atomic mass is 9.99. The van der Waals surface area contributed by atoms with E-state index in [1.807, 2.05) is 48.7 Å². The number of hydrogen-bond donors (Lipinski definition) is 2. The molecule has 2 amide bonds. The van der Waals surface area contributed by atoms with E-state index in [0.29, 0.717) is 23.0 Å². The molecule has 1 heterocycles. The molecule has 1 aromatic heterocycles. The molecular weight excluding hydrogens is 417 g/mol. The van der Waals surface area contributed by atoms with Gasteiger partial charge in [-0.05, 0) is 42.3 Å². The standard InChI is InChI=1S/C22H24FN5O2S/c1-3-14(2)19(20(24)30)25-18(29)13-31-22-27-26-21(15-9-11-16(23)12-10-15)28(22)17-7-5-4-6-8-17/h4-12,14,19H,3,13H2,1-2H3,(H2,24,30)(H,25,29). The van der Waals surface area contributed by atoms with Crippen molar-refractivity contribution in [3.63, 3.8) is 0 Å². The highest BCUT2D eigenvalue weighted by Crippen LogP contribution is 2.28. The quantitative estimate of drug-likeness (QED) is 0.497. The van der Waals surface area contributed by atoms with E-state index in [4.69, 9.17) is 5.73 Å². The number of benzene rings is 2. The van der Waals surface area contributed by atoms with Crippen molar-refractivity contribution in [2.24, 2.45) is 11.7 Å². The summed E-state index contributed by atoms with van der Waals surface area (Å²) in [4.78, 5) is 24.2. The van der Waals surface area contributed by atoms with Gasteiger partial charge in [0.2, 0.25) is 11.8 Å². The highest BCUT2D eigenvalue weighted by atomic mass is 32.2. The molecule has 31 heavy (non-hydrogen) atoms. The topological polar surface area (TPSA) is 103 Å². The van der Waals surface area contributed by atoms with Gasteiger partial charge in [0.25, 0.3) is 0 Å². The maximum Gasteiger partial charge on any atom is 0.240 e. The van der Waals surface area contributed by atoms with Gasteiger partial charge in [0.1, 0.15) is 11.9 Å². The summed E-state index contributed by atoms with van der Waals surface area (Å²) in [7, 11) is 0. The predicted octanol–water partition coefficient (Wildman–Crippen LogP) is 3.18. The maximum absolute atomic E-state index is 13.4. The highest BCUT2D eigenvalue weighted by Gasteiger charge is 2.24. The molecule has 2 unspecified atom stereocenters. The molecule has 0 aliphatic heterocycles. The minimum atomic E-state index is -0.722. The van der Waals surface area contributed by atoms with Gasteiger partial charge in [0, 0.05) is 11.3 Å². The number of hydrogen-bond acceptors (Lipinski definition) is 5. The second-order valence-electron chi connectivity index (χ2n) is 7.11.